The molecule has 1 aliphatic rings. The smallest absolute Gasteiger partial charge is 0.218 e. The number of ether oxygens (including phenoxy) is 1. The van der Waals surface area contributed by atoms with Crippen LogP contribution >= 0.6 is 0 Å². The zero-order valence-electron chi connectivity index (χ0n) is 13.1. The van der Waals surface area contributed by atoms with E-state index >= 15 is 0 Å². The second kappa shape index (κ2) is 6.39. The fourth-order valence-electron chi connectivity index (χ4n) is 3.09. The largest absolute Gasteiger partial charge is 0.476 e. The van der Waals surface area contributed by atoms with E-state index in [4.69, 9.17) is 4.74 Å². The molecule has 0 amide bonds. The Morgan fingerprint density at radius 1 is 1.00 bits per heavy atom. The van der Waals surface area contributed by atoms with Crippen LogP contribution in [-0.4, -0.2) is 29.6 Å². The third-order valence-electron chi connectivity index (χ3n) is 4.36. The molecule has 4 rings (SSSR count). The van der Waals surface area contributed by atoms with Crippen LogP contribution in [0.3, 0.4) is 0 Å². The Kier molecular flexibility index (Phi) is 3.95. The zero-order chi connectivity index (χ0) is 15.5. The number of pyridine rings is 1. The Morgan fingerprint density at radius 3 is 2.74 bits per heavy atom. The second-order valence-corrected chi connectivity index (χ2v) is 6.01. The molecule has 0 saturated heterocycles. The van der Waals surface area contributed by atoms with E-state index in [1.54, 1.807) is 0 Å². The molecule has 2 heterocycles. The molecule has 2 aromatic carbocycles. The first kappa shape index (κ1) is 14.2. The van der Waals surface area contributed by atoms with Crippen LogP contribution in [0.2, 0.25) is 0 Å². The van der Waals surface area contributed by atoms with Crippen molar-refractivity contribution in [1.82, 2.24) is 9.88 Å². The number of para-hydroxylation sites is 1. The molecule has 1 aromatic heterocycles. The normalized spacial score (nSPS) is 15.0. The number of hydrogen-bond acceptors (Lipinski definition) is 3. The molecule has 23 heavy (non-hydrogen) atoms. The summed E-state index contributed by atoms with van der Waals surface area (Å²) in [6.07, 6.45) is 1.07. The Hall–Kier alpha value is -2.39. The van der Waals surface area contributed by atoms with Gasteiger partial charge < -0.3 is 4.74 Å². The molecule has 3 heteroatoms. The maximum absolute atomic E-state index is 5.89. The third kappa shape index (κ3) is 3.20. The van der Waals surface area contributed by atoms with Crippen LogP contribution in [0.25, 0.3) is 10.9 Å². The second-order valence-electron chi connectivity index (χ2n) is 6.01. The lowest BCUT2D eigenvalue weighted by Crippen LogP contribution is -2.27. The lowest BCUT2D eigenvalue weighted by atomic mass is 10.1. The summed E-state index contributed by atoms with van der Waals surface area (Å²) >= 11 is 0. The molecule has 0 bridgehead atoms. The highest BCUT2D eigenvalue weighted by atomic mass is 16.5. The van der Waals surface area contributed by atoms with E-state index in [0.29, 0.717) is 6.61 Å². The predicted octanol–water partition coefficient (Wildman–Crippen LogP) is 3.67. The molecule has 0 N–H and O–H groups in total. The van der Waals surface area contributed by atoms with E-state index in [-0.39, 0.29) is 0 Å². The highest BCUT2D eigenvalue weighted by molar-refractivity contribution is 5.80. The molecule has 0 atom stereocenters. The van der Waals surface area contributed by atoms with Gasteiger partial charge in [-0.15, -0.1) is 0 Å². The van der Waals surface area contributed by atoms with Crippen LogP contribution in [0.5, 0.6) is 5.88 Å². The van der Waals surface area contributed by atoms with Crippen LogP contribution in [0, 0.1) is 0 Å². The number of rotatable bonds is 3. The summed E-state index contributed by atoms with van der Waals surface area (Å²) in [5.74, 6) is 0.797. The van der Waals surface area contributed by atoms with Crippen molar-refractivity contribution in [3.8, 4) is 5.88 Å². The number of aromatic nitrogens is 1. The van der Waals surface area contributed by atoms with Crippen LogP contribution in [0.4, 0.5) is 0 Å². The molecule has 0 radical (unpaired) electrons. The van der Waals surface area contributed by atoms with Gasteiger partial charge in [0.15, 0.2) is 0 Å². The molecule has 0 saturated carbocycles. The van der Waals surface area contributed by atoms with Crippen molar-refractivity contribution in [3.63, 3.8) is 0 Å². The summed E-state index contributed by atoms with van der Waals surface area (Å²) in [5, 5.41) is 1.18. The minimum Gasteiger partial charge on any atom is -0.476 e. The Bertz CT molecular complexity index is 801. The van der Waals surface area contributed by atoms with Gasteiger partial charge in [-0.25, -0.2) is 4.98 Å². The van der Waals surface area contributed by atoms with E-state index in [2.05, 4.69) is 58.4 Å². The molecule has 3 aromatic rings. The van der Waals surface area contributed by atoms with Crippen LogP contribution in [-0.2, 0) is 13.0 Å². The van der Waals surface area contributed by atoms with Gasteiger partial charge in [-0.2, -0.15) is 0 Å². The number of nitrogens with zero attached hydrogens (tertiary/aromatic N) is 2. The van der Waals surface area contributed by atoms with E-state index in [0.717, 1.165) is 37.5 Å². The third-order valence-corrected chi connectivity index (χ3v) is 4.36. The van der Waals surface area contributed by atoms with Gasteiger partial charge >= 0.3 is 0 Å². The monoisotopic (exact) mass is 304 g/mol. The first-order chi connectivity index (χ1) is 11.4. The SMILES string of the molecule is c1ccc(CCN2CCOc3nc4ccccc4cc3C2)cc1. The highest BCUT2D eigenvalue weighted by Gasteiger charge is 2.17. The Balaban J connectivity index is 1.53. The summed E-state index contributed by atoms with van der Waals surface area (Å²) in [6.45, 7) is 3.59. The standard InChI is InChI=1S/C20H20N2O/c1-2-6-16(7-3-1)10-11-22-12-13-23-20-18(15-22)14-17-8-4-5-9-19(17)21-20/h1-9,14H,10-13,15H2. The maximum atomic E-state index is 5.89. The van der Waals surface area contributed by atoms with Gasteiger partial charge in [0.2, 0.25) is 5.88 Å². The minimum absolute atomic E-state index is 0.702. The van der Waals surface area contributed by atoms with Crippen molar-refractivity contribution < 1.29 is 4.74 Å². The summed E-state index contributed by atoms with van der Waals surface area (Å²) in [4.78, 5) is 7.13. The van der Waals surface area contributed by atoms with E-state index in [1.807, 2.05) is 12.1 Å². The molecular formula is C20H20N2O. The molecule has 1 aliphatic heterocycles. The molecule has 3 nitrogen and oxygen atoms in total. The van der Waals surface area contributed by atoms with E-state index < -0.39 is 0 Å². The first-order valence-electron chi connectivity index (χ1n) is 8.16. The predicted molar refractivity (Wildman–Crippen MR) is 92.7 cm³/mol. The lowest BCUT2D eigenvalue weighted by molar-refractivity contribution is 0.225. The van der Waals surface area contributed by atoms with Crippen LogP contribution < -0.4 is 4.74 Å². The fraction of sp³-hybridized carbons (Fsp3) is 0.250. The maximum Gasteiger partial charge on any atom is 0.218 e. The number of hydrogen-bond donors (Lipinski definition) is 0. The summed E-state index contributed by atoms with van der Waals surface area (Å²) < 4.78 is 5.89. The van der Waals surface area contributed by atoms with Crippen molar-refractivity contribution in [3.05, 3.63) is 71.8 Å². The molecule has 0 aliphatic carbocycles. The van der Waals surface area contributed by atoms with Gasteiger partial charge in [0.25, 0.3) is 0 Å². The first-order valence-corrected chi connectivity index (χ1v) is 8.16. The van der Waals surface area contributed by atoms with Crippen molar-refractivity contribution >= 4 is 10.9 Å². The molecule has 0 spiro atoms. The zero-order valence-corrected chi connectivity index (χ0v) is 13.1. The molecular weight excluding hydrogens is 284 g/mol. The number of fused-ring (bicyclic) bond motifs is 2. The quantitative estimate of drug-likeness (QED) is 0.738. The van der Waals surface area contributed by atoms with Gasteiger partial charge in [0.1, 0.15) is 6.61 Å². The molecule has 0 unspecified atom stereocenters. The van der Waals surface area contributed by atoms with Crippen molar-refractivity contribution in [2.24, 2.45) is 0 Å². The van der Waals surface area contributed by atoms with Crippen LogP contribution in [0.15, 0.2) is 60.7 Å². The van der Waals surface area contributed by atoms with Gasteiger partial charge in [-0.05, 0) is 24.1 Å². The van der Waals surface area contributed by atoms with Crippen molar-refractivity contribution in [2.45, 2.75) is 13.0 Å². The average Bonchev–Trinajstić information content (AvgIpc) is 2.80. The Labute approximate surface area is 136 Å². The summed E-state index contributed by atoms with van der Waals surface area (Å²) in [6, 6.07) is 21.1. The minimum atomic E-state index is 0.702. The lowest BCUT2D eigenvalue weighted by Gasteiger charge is -2.19. The van der Waals surface area contributed by atoms with Crippen LogP contribution in [0.1, 0.15) is 11.1 Å². The molecule has 116 valence electrons. The van der Waals surface area contributed by atoms with E-state index in [1.165, 1.54) is 16.5 Å². The highest BCUT2D eigenvalue weighted by Crippen LogP contribution is 2.25. The average molecular weight is 304 g/mol. The van der Waals surface area contributed by atoms with Gasteiger partial charge in [-0.3, -0.25) is 4.90 Å². The van der Waals surface area contributed by atoms with Gasteiger partial charge in [-0.1, -0.05) is 48.5 Å². The van der Waals surface area contributed by atoms with Crippen molar-refractivity contribution in [2.75, 3.05) is 19.7 Å². The fourth-order valence-corrected chi connectivity index (χ4v) is 3.09. The van der Waals surface area contributed by atoms with Gasteiger partial charge in [0.05, 0.1) is 5.52 Å². The summed E-state index contributed by atoms with van der Waals surface area (Å²) in [5.41, 5.74) is 3.58. The van der Waals surface area contributed by atoms with Gasteiger partial charge in [0, 0.05) is 30.6 Å². The molecule has 0 fully saturated rings. The van der Waals surface area contributed by atoms with Crippen molar-refractivity contribution in [1.29, 1.82) is 0 Å². The van der Waals surface area contributed by atoms with E-state index in [9.17, 15) is 0 Å². The summed E-state index contributed by atoms with van der Waals surface area (Å²) in [7, 11) is 0. The number of benzene rings is 2. The topological polar surface area (TPSA) is 25.4 Å². The Morgan fingerprint density at radius 2 is 1.83 bits per heavy atom.